The van der Waals surface area contributed by atoms with E-state index in [0.29, 0.717) is 12.6 Å². The predicted molar refractivity (Wildman–Crippen MR) is 115 cm³/mol. The molecule has 0 spiro atoms. The number of piperidine rings is 2. The third-order valence-corrected chi connectivity index (χ3v) is 5.70. The lowest BCUT2D eigenvalue weighted by atomic mass is 9.98. The van der Waals surface area contributed by atoms with Crippen LogP contribution in [0.25, 0.3) is 0 Å². The molecule has 2 amide bonds. The number of hydrogen-bond donors (Lipinski definition) is 1. The summed E-state index contributed by atoms with van der Waals surface area (Å²) >= 11 is 0. The molecule has 30 heavy (non-hydrogen) atoms. The van der Waals surface area contributed by atoms with Crippen molar-refractivity contribution in [1.82, 2.24) is 15.1 Å². The van der Waals surface area contributed by atoms with Crippen molar-refractivity contribution in [3.63, 3.8) is 0 Å². The zero-order valence-electron chi connectivity index (χ0n) is 18.4. The lowest BCUT2D eigenvalue weighted by Gasteiger charge is -2.41. The van der Waals surface area contributed by atoms with E-state index in [1.807, 2.05) is 56.0 Å². The molecule has 0 unspecified atom stereocenters. The van der Waals surface area contributed by atoms with Crippen LogP contribution in [-0.4, -0.2) is 65.9 Å². The Hall–Kier alpha value is -2.28. The second-order valence-corrected chi connectivity index (χ2v) is 9.21. The second-order valence-electron chi connectivity index (χ2n) is 9.21. The summed E-state index contributed by atoms with van der Waals surface area (Å²) < 4.78 is 10.8. The van der Waals surface area contributed by atoms with Gasteiger partial charge in [-0.1, -0.05) is 30.3 Å². The van der Waals surface area contributed by atoms with Crippen molar-refractivity contribution >= 4 is 12.2 Å². The molecule has 2 aliphatic rings. The number of benzene rings is 1. The third kappa shape index (κ3) is 6.90. The maximum Gasteiger partial charge on any atom is 0.410 e. The summed E-state index contributed by atoms with van der Waals surface area (Å²) in [7, 11) is 0. The van der Waals surface area contributed by atoms with Gasteiger partial charge in [0, 0.05) is 38.3 Å². The maximum atomic E-state index is 12.2. The van der Waals surface area contributed by atoms with Gasteiger partial charge in [-0.25, -0.2) is 9.59 Å². The van der Waals surface area contributed by atoms with Gasteiger partial charge in [-0.3, -0.25) is 0 Å². The van der Waals surface area contributed by atoms with E-state index in [9.17, 15) is 9.59 Å². The number of nitrogens with zero attached hydrogens (tertiary/aromatic N) is 2. The predicted octanol–water partition coefficient (Wildman–Crippen LogP) is 3.78. The molecule has 2 saturated heterocycles. The number of ether oxygens (including phenoxy) is 2. The fourth-order valence-corrected chi connectivity index (χ4v) is 4.08. The first-order valence-electron chi connectivity index (χ1n) is 11.0. The normalized spacial score (nSPS) is 19.4. The molecule has 2 heterocycles. The van der Waals surface area contributed by atoms with E-state index in [1.165, 1.54) is 0 Å². The van der Waals surface area contributed by atoms with E-state index in [4.69, 9.17) is 9.47 Å². The Labute approximate surface area is 179 Å². The zero-order valence-corrected chi connectivity index (χ0v) is 18.4. The van der Waals surface area contributed by atoms with Gasteiger partial charge in [0.2, 0.25) is 0 Å². The standard InChI is InChI=1S/C23H35N3O4/c1-23(2,3)30-22(28)26-15-11-20(12-16-26)25-13-9-19(10-14-25)24-21(27)29-17-18-7-5-4-6-8-18/h4-8,19-20H,9-17H2,1-3H3,(H,24,27). The largest absolute Gasteiger partial charge is 0.445 e. The topological polar surface area (TPSA) is 71.1 Å². The van der Waals surface area contributed by atoms with Crippen LogP contribution in [0.5, 0.6) is 0 Å². The summed E-state index contributed by atoms with van der Waals surface area (Å²) in [6.07, 6.45) is 3.23. The minimum absolute atomic E-state index is 0.159. The van der Waals surface area contributed by atoms with Gasteiger partial charge in [-0.15, -0.1) is 0 Å². The van der Waals surface area contributed by atoms with E-state index >= 15 is 0 Å². The number of nitrogens with one attached hydrogen (secondary N) is 1. The highest BCUT2D eigenvalue weighted by atomic mass is 16.6. The summed E-state index contributed by atoms with van der Waals surface area (Å²) in [5.41, 5.74) is 0.533. The average Bonchev–Trinajstić information content (AvgIpc) is 2.72. The first-order valence-corrected chi connectivity index (χ1v) is 11.0. The van der Waals surface area contributed by atoms with Crippen LogP contribution in [-0.2, 0) is 16.1 Å². The lowest BCUT2D eigenvalue weighted by molar-refractivity contribution is 0.0125. The van der Waals surface area contributed by atoms with Gasteiger partial charge in [0.25, 0.3) is 0 Å². The molecule has 1 N–H and O–H groups in total. The summed E-state index contributed by atoms with van der Waals surface area (Å²) in [5, 5.41) is 3.00. The maximum absolute atomic E-state index is 12.2. The third-order valence-electron chi connectivity index (χ3n) is 5.70. The van der Waals surface area contributed by atoms with Crippen LogP contribution < -0.4 is 5.32 Å². The number of likely N-dealkylation sites (tertiary alicyclic amines) is 2. The molecule has 1 aromatic carbocycles. The van der Waals surface area contributed by atoms with Gasteiger partial charge >= 0.3 is 12.2 Å². The van der Waals surface area contributed by atoms with E-state index < -0.39 is 5.60 Å². The van der Waals surface area contributed by atoms with Crippen molar-refractivity contribution in [3.8, 4) is 0 Å². The highest BCUT2D eigenvalue weighted by Gasteiger charge is 2.31. The Morgan fingerprint density at radius 1 is 1.00 bits per heavy atom. The molecule has 2 aliphatic heterocycles. The van der Waals surface area contributed by atoms with Crippen LogP contribution in [0.2, 0.25) is 0 Å². The van der Waals surface area contributed by atoms with Crippen molar-refractivity contribution in [2.24, 2.45) is 0 Å². The van der Waals surface area contributed by atoms with Crippen molar-refractivity contribution in [1.29, 1.82) is 0 Å². The summed E-state index contributed by atoms with van der Waals surface area (Å²) in [4.78, 5) is 28.6. The molecule has 0 bridgehead atoms. The zero-order chi connectivity index (χ0) is 21.6. The molecular formula is C23H35N3O4. The van der Waals surface area contributed by atoms with Crippen LogP contribution in [0.3, 0.4) is 0 Å². The van der Waals surface area contributed by atoms with E-state index in [-0.39, 0.29) is 18.2 Å². The Morgan fingerprint density at radius 2 is 1.63 bits per heavy atom. The summed E-state index contributed by atoms with van der Waals surface area (Å²) in [6.45, 7) is 9.38. The van der Waals surface area contributed by atoms with Gasteiger partial charge in [-0.2, -0.15) is 0 Å². The average molecular weight is 418 g/mol. The first-order chi connectivity index (χ1) is 14.3. The SMILES string of the molecule is CC(C)(C)OC(=O)N1CCC(N2CCC(NC(=O)OCc3ccccc3)CC2)CC1. The van der Waals surface area contributed by atoms with Gasteiger partial charge in [0.15, 0.2) is 0 Å². The van der Waals surface area contributed by atoms with Crippen LogP contribution in [0, 0.1) is 0 Å². The van der Waals surface area contributed by atoms with Crippen LogP contribution in [0.15, 0.2) is 30.3 Å². The molecule has 7 heteroatoms. The molecule has 166 valence electrons. The summed E-state index contributed by atoms with van der Waals surface area (Å²) in [5.74, 6) is 0. The molecule has 0 radical (unpaired) electrons. The quantitative estimate of drug-likeness (QED) is 0.807. The Kier molecular flexibility index (Phi) is 7.58. The lowest BCUT2D eigenvalue weighted by Crippen LogP contribution is -2.52. The van der Waals surface area contributed by atoms with Gasteiger partial charge < -0.3 is 24.6 Å². The van der Waals surface area contributed by atoms with Gasteiger partial charge in [0.1, 0.15) is 12.2 Å². The first kappa shape index (κ1) is 22.4. The molecule has 2 fully saturated rings. The highest BCUT2D eigenvalue weighted by Crippen LogP contribution is 2.22. The number of rotatable bonds is 4. The molecule has 0 atom stereocenters. The van der Waals surface area contributed by atoms with Crippen molar-refractivity contribution in [2.45, 2.75) is 70.7 Å². The van der Waals surface area contributed by atoms with Gasteiger partial charge in [-0.05, 0) is 52.0 Å². The molecule has 1 aromatic rings. The molecule has 0 aromatic heterocycles. The highest BCUT2D eigenvalue weighted by molar-refractivity contribution is 5.68. The molecule has 0 saturated carbocycles. The fourth-order valence-electron chi connectivity index (χ4n) is 4.08. The van der Waals surface area contributed by atoms with E-state index in [1.54, 1.807) is 0 Å². The molecular weight excluding hydrogens is 382 g/mol. The number of amides is 2. The molecule has 7 nitrogen and oxygen atoms in total. The van der Waals surface area contributed by atoms with Crippen molar-refractivity contribution in [2.75, 3.05) is 26.2 Å². The van der Waals surface area contributed by atoms with Crippen molar-refractivity contribution in [3.05, 3.63) is 35.9 Å². The van der Waals surface area contributed by atoms with E-state index in [2.05, 4.69) is 10.2 Å². The molecule has 3 rings (SSSR count). The number of alkyl carbamates (subject to hydrolysis) is 1. The monoisotopic (exact) mass is 417 g/mol. The minimum Gasteiger partial charge on any atom is -0.445 e. The Morgan fingerprint density at radius 3 is 2.23 bits per heavy atom. The van der Waals surface area contributed by atoms with Crippen LogP contribution in [0.1, 0.15) is 52.0 Å². The van der Waals surface area contributed by atoms with Crippen molar-refractivity contribution < 1.29 is 19.1 Å². The van der Waals surface area contributed by atoms with E-state index in [0.717, 1.165) is 57.4 Å². The number of carbonyl (C=O) groups excluding carboxylic acids is 2. The Bertz CT molecular complexity index is 688. The molecule has 0 aliphatic carbocycles. The smallest absolute Gasteiger partial charge is 0.410 e. The van der Waals surface area contributed by atoms with Crippen LogP contribution in [0.4, 0.5) is 9.59 Å². The Balaban J connectivity index is 1.34. The van der Waals surface area contributed by atoms with Crippen LogP contribution >= 0.6 is 0 Å². The fraction of sp³-hybridized carbons (Fsp3) is 0.652. The minimum atomic E-state index is -0.453. The van der Waals surface area contributed by atoms with Gasteiger partial charge in [0.05, 0.1) is 0 Å². The second kappa shape index (κ2) is 10.2. The number of hydrogen-bond acceptors (Lipinski definition) is 5. The summed E-state index contributed by atoms with van der Waals surface area (Å²) in [6, 6.07) is 10.4. The number of carbonyl (C=O) groups is 2.